The van der Waals surface area contributed by atoms with Gasteiger partial charge in [-0.15, -0.1) is 22.7 Å². The van der Waals surface area contributed by atoms with Crippen LogP contribution in [0.4, 0.5) is 0 Å². The molecule has 4 rings (SSSR count). The van der Waals surface area contributed by atoms with Crippen LogP contribution in [0, 0.1) is 11.8 Å². The van der Waals surface area contributed by atoms with Gasteiger partial charge in [0.1, 0.15) is 11.5 Å². The van der Waals surface area contributed by atoms with Crippen LogP contribution < -0.4 is 9.47 Å². The highest BCUT2D eigenvalue weighted by Crippen LogP contribution is 2.40. The number of hydrogen-bond acceptors (Lipinski definition) is 4. The predicted octanol–water partition coefficient (Wildman–Crippen LogP) is 11.2. The molecule has 0 bridgehead atoms. The standard InChI is InChI=1S/C34H42O2S2/c1-5-25(3)9-7-23-35-29-15-11-27(12-16-29)31-19-21-33(37-31)34-22-20-32(38-34)28-13-17-30(18-14-28)36-24-8-10-26(4)6-2/h11-22,25-26H,5-10,23-24H2,1-4H3. The lowest BCUT2D eigenvalue weighted by molar-refractivity contribution is 0.294. The van der Waals surface area contributed by atoms with Crippen LogP contribution >= 0.6 is 22.7 Å². The first kappa shape index (κ1) is 28.4. The van der Waals surface area contributed by atoms with Gasteiger partial charge in [-0.2, -0.15) is 0 Å². The van der Waals surface area contributed by atoms with Gasteiger partial charge in [0, 0.05) is 19.5 Å². The van der Waals surface area contributed by atoms with Crippen LogP contribution in [0.1, 0.15) is 66.2 Å². The largest absolute Gasteiger partial charge is 0.494 e. The molecule has 0 saturated carbocycles. The zero-order valence-corrected chi connectivity index (χ0v) is 25.0. The molecule has 2 heterocycles. The minimum Gasteiger partial charge on any atom is -0.494 e. The summed E-state index contributed by atoms with van der Waals surface area (Å²) in [5.41, 5.74) is 2.48. The van der Waals surface area contributed by atoms with Gasteiger partial charge in [0.2, 0.25) is 0 Å². The van der Waals surface area contributed by atoms with Crippen LogP contribution in [0.3, 0.4) is 0 Å². The van der Waals surface area contributed by atoms with E-state index in [0.29, 0.717) is 0 Å². The molecule has 0 aliphatic carbocycles. The molecule has 38 heavy (non-hydrogen) atoms. The number of rotatable bonds is 15. The van der Waals surface area contributed by atoms with Gasteiger partial charge in [-0.3, -0.25) is 0 Å². The van der Waals surface area contributed by atoms with Gasteiger partial charge >= 0.3 is 0 Å². The molecule has 0 spiro atoms. The monoisotopic (exact) mass is 546 g/mol. The normalized spacial score (nSPS) is 12.8. The minimum absolute atomic E-state index is 0.780. The van der Waals surface area contributed by atoms with Crippen LogP contribution in [0.5, 0.6) is 11.5 Å². The Morgan fingerprint density at radius 1 is 0.526 bits per heavy atom. The average molecular weight is 547 g/mol. The maximum atomic E-state index is 5.95. The minimum atomic E-state index is 0.780. The molecular formula is C34H42O2S2. The highest BCUT2D eigenvalue weighted by Gasteiger charge is 2.10. The number of benzene rings is 2. The fourth-order valence-electron chi connectivity index (χ4n) is 4.33. The smallest absolute Gasteiger partial charge is 0.119 e. The first-order valence-corrected chi connectivity index (χ1v) is 15.9. The zero-order chi connectivity index (χ0) is 26.7. The summed E-state index contributed by atoms with van der Waals surface area (Å²) in [6.45, 7) is 10.7. The maximum Gasteiger partial charge on any atom is 0.119 e. The molecular weight excluding hydrogens is 505 g/mol. The lowest BCUT2D eigenvalue weighted by Crippen LogP contribution is -2.00. The molecule has 0 radical (unpaired) electrons. The highest BCUT2D eigenvalue weighted by molar-refractivity contribution is 7.25. The molecule has 2 aromatic carbocycles. The molecule has 202 valence electrons. The quantitative estimate of drug-likeness (QED) is 0.138. The number of thiophene rings is 2. The topological polar surface area (TPSA) is 18.5 Å². The van der Waals surface area contributed by atoms with Crippen molar-refractivity contribution in [2.24, 2.45) is 11.8 Å². The van der Waals surface area contributed by atoms with Crippen LogP contribution in [-0.2, 0) is 0 Å². The Hall–Kier alpha value is -2.56. The molecule has 2 unspecified atom stereocenters. The Morgan fingerprint density at radius 3 is 1.26 bits per heavy atom. The van der Waals surface area contributed by atoms with Crippen molar-refractivity contribution in [2.75, 3.05) is 13.2 Å². The van der Waals surface area contributed by atoms with E-state index in [1.807, 2.05) is 22.7 Å². The zero-order valence-electron chi connectivity index (χ0n) is 23.4. The van der Waals surface area contributed by atoms with Crippen molar-refractivity contribution in [3.8, 4) is 42.1 Å². The molecule has 0 aliphatic heterocycles. The summed E-state index contributed by atoms with van der Waals surface area (Å²) >= 11 is 3.69. The van der Waals surface area contributed by atoms with E-state index in [9.17, 15) is 0 Å². The Labute approximate surface area is 237 Å². The van der Waals surface area contributed by atoms with Gasteiger partial charge in [-0.1, -0.05) is 40.5 Å². The summed E-state index contributed by atoms with van der Waals surface area (Å²) in [6.07, 6.45) is 7.18. The van der Waals surface area contributed by atoms with E-state index in [4.69, 9.17) is 9.47 Å². The van der Waals surface area contributed by atoms with E-state index < -0.39 is 0 Å². The van der Waals surface area contributed by atoms with Crippen molar-refractivity contribution in [3.05, 3.63) is 72.8 Å². The van der Waals surface area contributed by atoms with Crippen LogP contribution in [0.25, 0.3) is 30.6 Å². The van der Waals surface area contributed by atoms with E-state index in [0.717, 1.165) is 49.4 Å². The van der Waals surface area contributed by atoms with Crippen LogP contribution in [0.15, 0.2) is 72.8 Å². The molecule has 0 saturated heterocycles. The highest BCUT2D eigenvalue weighted by atomic mass is 32.1. The summed E-state index contributed by atoms with van der Waals surface area (Å²) in [5, 5.41) is 0. The molecule has 4 aromatic rings. The summed E-state index contributed by atoms with van der Waals surface area (Å²) < 4.78 is 11.9. The predicted molar refractivity (Wildman–Crippen MR) is 167 cm³/mol. The van der Waals surface area contributed by atoms with E-state index in [1.165, 1.54) is 56.3 Å². The first-order valence-electron chi connectivity index (χ1n) is 14.2. The Bertz CT molecular complexity index is 1120. The Kier molecular flexibility index (Phi) is 10.9. The van der Waals surface area contributed by atoms with E-state index >= 15 is 0 Å². The van der Waals surface area contributed by atoms with Gasteiger partial charge < -0.3 is 9.47 Å². The molecule has 0 amide bonds. The third-order valence-corrected chi connectivity index (χ3v) is 9.81. The SMILES string of the molecule is CCC(C)CCCOc1ccc(-c2ccc(-c3ccc(-c4ccc(OCCCC(C)CC)cc4)s3)s2)cc1. The average Bonchev–Trinajstić information content (AvgIpc) is 3.64. The van der Waals surface area contributed by atoms with Crippen molar-refractivity contribution in [1.29, 1.82) is 0 Å². The van der Waals surface area contributed by atoms with Crippen molar-refractivity contribution in [3.63, 3.8) is 0 Å². The molecule has 2 nitrogen and oxygen atoms in total. The van der Waals surface area contributed by atoms with Gasteiger partial charge in [0.05, 0.1) is 13.2 Å². The molecule has 2 atom stereocenters. The molecule has 0 aliphatic rings. The lowest BCUT2D eigenvalue weighted by Gasteiger charge is -2.09. The van der Waals surface area contributed by atoms with Crippen LogP contribution in [0.2, 0.25) is 0 Å². The fourth-order valence-corrected chi connectivity index (χ4v) is 6.45. The van der Waals surface area contributed by atoms with Crippen molar-refractivity contribution >= 4 is 22.7 Å². The summed E-state index contributed by atoms with van der Waals surface area (Å²) in [4.78, 5) is 5.19. The molecule has 2 aromatic heterocycles. The summed E-state index contributed by atoms with van der Waals surface area (Å²) in [5.74, 6) is 3.48. The van der Waals surface area contributed by atoms with E-state index in [1.54, 1.807) is 0 Å². The van der Waals surface area contributed by atoms with Crippen molar-refractivity contribution in [1.82, 2.24) is 0 Å². The van der Waals surface area contributed by atoms with Crippen molar-refractivity contribution in [2.45, 2.75) is 66.2 Å². The molecule has 0 fully saturated rings. The third-order valence-electron chi connectivity index (χ3n) is 7.35. The molecule has 0 N–H and O–H groups in total. The van der Waals surface area contributed by atoms with Crippen LogP contribution in [-0.4, -0.2) is 13.2 Å². The summed E-state index contributed by atoms with van der Waals surface area (Å²) in [6, 6.07) is 26.0. The Morgan fingerprint density at radius 2 is 0.895 bits per heavy atom. The maximum absolute atomic E-state index is 5.95. The third kappa shape index (κ3) is 8.22. The lowest BCUT2D eigenvalue weighted by atomic mass is 10.0. The second-order valence-electron chi connectivity index (χ2n) is 10.4. The van der Waals surface area contributed by atoms with Gasteiger partial charge in [0.25, 0.3) is 0 Å². The van der Waals surface area contributed by atoms with Crippen molar-refractivity contribution < 1.29 is 9.47 Å². The van der Waals surface area contributed by atoms with Gasteiger partial charge in [-0.05, 0) is 121 Å². The summed E-state index contributed by atoms with van der Waals surface area (Å²) in [7, 11) is 0. The van der Waals surface area contributed by atoms with E-state index in [2.05, 4.69) is 100 Å². The second kappa shape index (κ2) is 14.6. The molecule has 4 heteroatoms. The fraction of sp³-hybridized carbons (Fsp3) is 0.412. The Balaban J connectivity index is 1.30. The number of ether oxygens (including phenoxy) is 2. The van der Waals surface area contributed by atoms with Gasteiger partial charge in [0.15, 0.2) is 0 Å². The van der Waals surface area contributed by atoms with E-state index in [-0.39, 0.29) is 0 Å². The number of hydrogen-bond donors (Lipinski definition) is 0. The second-order valence-corrected chi connectivity index (χ2v) is 12.6. The van der Waals surface area contributed by atoms with Gasteiger partial charge in [-0.25, -0.2) is 0 Å². The first-order chi connectivity index (χ1) is 18.6.